The molecule has 94 valence electrons. The van der Waals surface area contributed by atoms with Crippen LogP contribution < -0.4 is 0 Å². The van der Waals surface area contributed by atoms with Gasteiger partial charge in [0.25, 0.3) is 5.91 Å². The molecule has 1 aromatic rings. The Labute approximate surface area is 110 Å². The molecule has 0 atom stereocenters. The Morgan fingerprint density at radius 1 is 1.59 bits per heavy atom. The van der Waals surface area contributed by atoms with Crippen molar-refractivity contribution in [3.63, 3.8) is 0 Å². The van der Waals surface area contributed by atoms with Gasteiger partial charge in [0.2, 0.25) is 0 Å². The van der Waals surface area contributed by atoms with Gasteiger partial charge in [-0.1, -0.05) is 0 Å². The Morgan fingerprint density at radius 2 is 2.29 bits per heavy atom. The minimum absolute atomic E-state index is 0.0791. The number of nitrogens with zero attached hydrogens (tertiary/aromatic N) is 2. The van der Waals surface area contributed by atoms with Crippen molar-refractivity contribution < 1.29 is 9.53 Å². The van der Waals surface area contributed by atoms with Crippen LogP contribution in [0.4, 0.5) is 0 Å². The molecule has 0 radical (unpaired) electrons. The third-order valence-corrected chi connectivity index (χ3v) is 3.02. The van der Waals surface area contributed by atoms with E-state index in [-0.39, 0.29) is 11.9 Å². The third kappa shape index (κ3) is 3.78. The average molecular weight is 301 g/mol. The van der Waals surface area contributed by atoms with Crippen LogP contribution >= 0.6 is 15.9 Å². The summed E-state index contributed by atoms with van der Waals surface area (Å²) in [7, 11) is 1.62. The standard InChI is InChI=1S/C12H17BrN2O2/c1-9(2)15(7-8-17-3)12(16)11-10(13)5-4-6-14-11/h4-6,9H,7-8H2,1-3H3. The van der Waals surface area contributed by atoms with Gasteiger partial charge in [-0.15, -0.1) is 0 Å². The number of aromatic nitrogens is 1. The second-order valence-corrected chi connectivity index (χ2v) is 4.77. The number of hydrogen-bond donors (Lipinski definition) is 0. The van der Waals surface area contributed by atoms with Crippen LogP contribution in [0.25, 0.3) is 0 Å². The van der Waals surface area contributed by atoms with Gasteiger partial charge in [0.1, 0.15) is 5.69 Å². The smallest absolute Gasteiger partial charge is 0.273 e. The molecule has 0 N–H and O–H groups in total. The SMILES string of the molecule is COCCN(C(=O)c1ncccc1Br)C(C)C. The Bertz CT molecular complexity index is 383. The fourth-order valence-electron chi connectivity index (χ4n) is 1.46. The average Bonchev–Trinajstić information content (AvgIpc) is 2.29. The first-order valence-corrected chi connectivity index (χ1v) is 6.27. The number of rotatable bonds is 5. The zero-order valence-corrected chi connectivity index (χ0v) is 11.9. The number of amides is 1. The third-order valence-electron chi connectivity index (χ3n) is 2.38. The van der Waals surface area contributed by atoms with Crippen molar-refractivity contribution in [3.05, 3.63) is 28.5 Å². The second kappa shape index (κ2) is 6.71. The summed E-state index contributed by atoms with van der Waals surface area (Å²) in [6, 6.07) is 3.72. The molecule has 0 saturated carbocycles. The number of ether oxygens (including phenoxy) is 1. The number of pyridine rings is 1. The lowest BCUT2D eigenvalue weighted by Gasteiger charge is -2.26. The van der Waals surface area contributed by atoms with Gasteiger partial charge in [-0.3, -0.25) is 4.79 Å². The summed E-state index contributed by atoms with van der Waals surface area (Å²) < 4.78 is 5.73. The van der Waals surface area contributed by atoms with Gasteiger partial charge in [-0.2, -0.15) is 0 Å². The highest BCUT2D eigenvalue weighted by Gasteiger charge is 2.21. The summed E-state index contributed by atoms with van der Waals surface area (Å²) in [5.74, 6) is -0.0791. The fourth-order valence-corrected chi connectivity index (χ4v) is 1.89. The molecule has 4 nitrogen and oxygen atoms in total. The van der Waals surface area contributed by atoms with E-state index in [0.717, 1.165) is 0 Å². The first-order valence-electron chi connectivity index (χ1n) is 5.48. The molecule has 1 heterocycles. The van der Waals surface area contributed by atoms with E-state index in [1.54, 1.807) is 24.3 Å². The fraction of sp³-hybridized carbons (Fsp3) is 0.500. The normalized spacial score (nSPS) is 10.6. The van der Waals surface area contributed by atoms with E-state index in [4.69, 9.17) is 4.74 Å². The van der Waals surface area contributed by atoms with Crippen LogP contribution in [0.1, 0.15) is 24.3 Å². The molecule has 0 aliphatic rings. The highest BCUT2D eigenvalue weighted by atomic mass is 79.9. The molecule has 0 bridgehead atoms. The van der Waals surface area contributed by atoms with Gasteiger partial charge < -0.3 is 9.64 Å². The first-order chi connectivity index (χ1) is 8.07. The minimum Gasteiger partial charge on any atom is -0.383 e. The molecule has 1 amide bonds. The zero-order chi connectivity index (χ0) is 12.8. The van der Waals surface area contributed by atoms with Crippen LogP contribution in [0.15, 0.2) is 22.8 Å². The summed E-state index contributed by atoms with van der Waals surface area (Å²) in [5, 5.41) is 0. The Balaban J connectivity index is 2.88. The van der Waals surface area contributed by atoms with Gasteiger partial charge in [-0.05, 0) is 41.9 Å². The van der Waals surface area contributed by atoms with Crippen LogP contribution in [-0.4, -0.2) is 42.1 Å². The Hall–Kier alpha value is -0.940. The molecule has 0 aromatic carbocycles. The summed E-state index contributed by atoms with van der Waals surface area (Å²) in [5.41, 5.74) is 0.442. The molecule has 0 unspecified atom stereocenters. The number of halogens is 1. The molecule has 0 aliphatic heterocycles. The molecule has 1 rings (SSSR count). The minimum atomic E-state index is -0.0791. The quantitative estimate of drug-likeness (QED) is 0.838. The van der Waals surface area contributed by atoms with Crippen molar-refractivity contribution in [1.29, 1.82) is 0 Å². The van der Waals surface area contributed by atoms with Crippen molar-refractivity contribution >= 4 is 21.8 Å². The molecule has 0 fully saturated rings. The molecule has 5 heteroatoms. The topological polar surface area (TPSA) is 42.4 Å². The predicted molar refractivity (Wildman–Crippen MR) is 70.0 cm³/mol. The Kier molecular flexibility index (Phi) is 5.58. The number of carbonyl (C=O) groups is 1. The van der Waals surface area contributed by atoms with Crippen molar-refractivity contribution in [2.45, 2.75) is 19.9 Å². The van der Waals surface area contributed by atoms with Gasteiger partial charge in [0.05, 0.1) is 6.61 Å². The van der Waals surface area contributed by atoms with E-state index in [2.05, 4.69) is 20.9 Å². The predicted octanol–water partition coefficient (Wildman–Crippen LogP) is 2.34. The van der Waals surface area contributed by atoms with Crippen LogP contribution in [0.5, 0.6) is 0 Å². The maximum atomic E-state index is 12.3. The summed E-state index contributed by atoms with van der Waals surface area (Å²) in [6.07, 6.45) is 1.62. The number of methoxy groups -OCH3 is 1. The van der Waals surface area contributed by atoms with Gasteiger partial charge >= 0.3 is 0 Å². The van der Waals surface area contributed by atoms with Gasteiger partial charge in [0.15, 0.2) is 0 Å². The van der Waals surface area contributed by atoms with Crippen molar-refractivity contribution in [2.75, 3.05) is 20.3 Å². The van der Waals surface area contributed by atoms with Crippen molar-refractivity contribution in [3.8, 4) is 0 Å². The Morgan fingerprint density at radius 3 is 2.82 bits per heavy atom. The first kappa shape index (κ1) is 14.1. The maximum Gasteiger partial charge on any atom is 0.273 e. The molecule has 0 aliphatic carbocycles. The monoisotopic (exact) mass is 300 g/mol. The maximum absolute atomic E-state index is 12.3. The summed E-state index contributed by atoms with van der Waals surface area (Å²) in [4.78, 5) is 18.1. The van der Waals surface area contributed by atoms with E-state index in [0.29, 0.717) is 23.3 Å². The van der Waals surface area contributed by atoms with Crippen LogP contribution in [0, 0.1) is 0 Å². The molecule has 0 spiro atoms. The molecular formula is C12H17BrN2O2. The van der Waals surface area contributed by atoms with E-state index in [1.165, 1.54) is 0 Å². The van der Waals surface area contributed by atoms with Gasteiger partial charge in [0, 0.05) is 30.4 Å². The number of hydrogen-bond acceptors (Lipinski definition) is 3. The van der Waals surface area contributed by atoms with Crippen LogP contribution in [-0.2, 0) is 4.74 Å². The van der Waals surface area contributed by atoms with Crippen LogP contribution in [0.3, 0.4) is 0 Å². The second-order valence-electron chi connectivity index (χ2n) is 3.92. The van der Waals surface area contributed by atoms with E-state index in [1.807, 2.05) is 19.9 Å². The highest BCUT2D eigenvalue weighted by Crippen LogP contribution is 2.16. The lowest BCUT2D eigenvalue weighted by atomic mass is 10.2. The lowest BCUT2D eigenvalue weighted by Crippen LogP contribution is -2.39. The zero-order valence-electron chi connectivity index (χ0n) is 10.3. The highest BCUT2D eigenvalue weighted by molar-refractivity contribution is 9.10. The summed E-state index contributed by atoms with van der Waals surface area (Å²) in [6.45, 7) is 5.04. The molecular weight excluding hydrogens is 284 g/mol. The molecule has 1 aromatic heterocycles. The van der Waals surface area contributed by atoms with Crippen LogP contribution in [0.2, 0.25) is 0 Å². The van der Waals surface area contributed by atoms with Gasteiger partial charge in [-0.25, -0.2) is 4.98 Å². The number of carbonyl (C=O) groups excluding carboxylic acids is 1. The largest absolute Gasteiger partial charge is 0.383 e. The van der Waals surface area contributed by atoms with E-state index >= 15 is 0 Å². The summed E-state index contributed by atoms with van der Waals surface area (Å²) >= 11 is 3.34. The van der Waals surface area contributed by atoms with E-state index in [9.17, 15) is 4.79 Å². The molecule has 0 saturated heterocycles. The van der Waals surface area contributed by atoms with Crippen molar-refractivity contribution in [1.82, 2.24) is 9.88 Å². The molecule has 17 heavy (non-hydrogen) atoms. The van der Waals surface area contributed by atoms with Crippen molar-refractivity contribution in [2.24, 2.45) is 0 Å². The lowest BCUT2D eigenvalue weighted by molar-refractivity contribution is 0.0628. The van der Waals surface area contributed by atoms with E-state index < -0.39 is 0 Å².